The fourth-order valence-electron chi connectivity index (χ4n) is 3.99. The molecule has 226 valence electrons. The van der Waals surface area contributed by atoms with Crippen molar-refractivity contribution < 1.29 is 43.2 Å². The molecule has 10 heteroatoms. The zero-order chi connectivity index (χ0) is 30.6. The Morgan fingerprint density at radius 1 is 0.900 bits per heavy atom. The lowest BCUT2D eigenvalue weighted by Gasteiger charge is -2.27. The molecule has 0 bridgehead atoms. The van der Waals surface area contributed by atoms with Crippen molar-refractivity contribution >= 4 is 24.1 Å². The van der Waals surface area contributed by atoms with Gasteiger partial charge in [0.15, 0.2) is 11.5 Å². The maximum Gasteiger partial charge on any atom is 0.509 e. The Kier molecular flexibility index (Phi) is 14.1. The van der Waals surface area contributed by atoms with E-state index in [2.05, 4.69) is 0 Å². The highest BCUT2D eigenvalue weighted by atomic mass is 16.7. The summed E-state index contributed by atoms with van der Waals surface area (Å²) in [6.07, 6.45) is 1.81. The molecule has 4 unspecified atom stereocenters. The zero-order valence-electron chi connectivity index (χ0n) is 25.2. The topological polar surface area (TPSA) is 151 Å². The average Bonchev–Trinajstić information content (AvgIpc) is 2.87. The molecular weight excluding hydrogens is 518 g/mol. The Balaban J connectivity index is 3.37. The van der Waals surface area contributed by atoms with Gasteiger partial charge in [-0.1, -0.05) is 53.5 Å². The van der Waals surface area contributed by atoms with Crippen LogP contribution in [0.15, 0.2) is 18.2 Å². The maximum absolute atomic E-state index is 12.8. The molecule has 0 amide bonds. The van der Waals surface area contributed by atoms with Crippen LogP contribution in [-0.4, -0.2) is 46.9 Å². The van der Waals surface area contributed by atoms with Crippen molar-refractivity contribution in [3.05, 3.63) is 23.8 Å². The summed E-state index contributed by atoms with van der Waals surface area (Å²) in [7, 11) is 0. The predicted molar refractivity (Wildman–Crippen MR) is 150 cm³/mol. The summed E-state index contributed by atoms with van der Waals surface area (Å²) in [4.78, 5) is 49.6. The molecule has 0 aliphatic heterocycles. The molecule has 40 heavy (non-hydrogen) atoms. The first-order chi connectivity index (χ1) is 18.6. The highest BCUT2D eigenvalue weighted by molar-refractivity contribution is 5.79. The van der Waals surface area contributed by atoms with Crippen LogP contribution >= 0.6 is 0 Å². The van der Waals surface area contributed by atoms with Crippen molar-refractivity contribution in [1.82, 2.24) is 0 Å². The molecule has 1 aromatic carbocycles. The van der Waals surface area contributed by atoms with E-state index in [1.54, 1.807) is 40.7 Å². The molecular formula is C30H47NO9. The molecule has 0 saturated heterocycles. The number of carboxylic acid groups (broad SMARTS) is 1. The average molecular weight is 566 g/mol. The smallest absolute Gasteiger partial charge is 0.480 e. The normalized spacial score (nSPS) is 15.2. The van der Waals surface area contributed by atoms with E-state index in [0.29, 0.717) is 24.8 Å². The highest BCUT2D eigenvalue weighted by Crippen LogP contribution is 2.36. The highest BCUT2D eigenvalue weighted by Gasteiger charge is 2.31. The van der Waals surface area contributed by atoms with Crippen molar-refractivity contribution in [1.29, 1.82) is 0 Å². The summed E-state index contributed by atoms with van der Waals surface area (Å²) >= 11 is 0. The lowest BCUT2D eigenvalue weighted by Crippen LogP contribution is -2.38. The standard InChI is InChI=1S/C30H47NO9/c1-9-12-18(4)27(34)38-23-15-14-21(17-24(23)39-28(35)19(5)13-10-2)22(25(31)26(32)33)16-20(6)37-29(36)40-30(7,8)11-3/h14-15,17-20,22,25H,9-13,16,31H2,1-8H3,(H,32,33)/t18?,19?,20?,22?,25-/m0/s1. The van der Waals surface area contributed by atoms with Crippen molar-refractivity contribution in [2.75, 3.05) is 0 Å². The first kappa shape index (κ1) is 34.9. The zero-order valence-corrected chi connectivity index (χ0v) is 25.2. The summed E-state index contributed by atoms with van der Waals surface area (Å²) in [5.41, 5.74) is 5.76. The van der Waals surface area contributed by atoms with Crippen LogP contribution in [0.2, 0.25) is 0 Å². The Bertz CT molecular complexity index is 1010. The van der Waals surface area contributed by atoms with E-state index in [1.165, 1.54) is 12.1 Å². The fourth-order valence-corrected chi connectivity index (χ4v) is 3.99. The van der Waals surface area contributed by atoms with E-state index in [-0.39, 0.29) is 23.8 Å². The van der Waals surface area contributed by atoms with Gasteiger partial charge >= 0.3 is 24.1 Å². The lowest BCUT2D eigenvalue weighted by atomic mass is 9.87. The molecule has 0 aliphatic rings. The van der Waals surface area contributed by atoms with Crippen LogP contribution < -0.4 is 15.2 Å². The molecule has 1 aromatic rings. The SMILES string of the molecule is CCCC(C)C(=O)Oc1ccc(C(CC(C)OC(=O)OC(C)(C)CC)[C@H](N)C(=O)O)cc1OC(=O)C(C)CCC. The maximum atomic E-state index is 12.8. The molecule has 0 fully saturated rings. The molecule has 0 saturated carbocycles. The number of carbonyl (C=O) groups is 4. The second-order valence-electron chi connectivity index (χ2n) is 11.0. The second-order valence-corrected chi connectivity index (χ2v) is 11.0. The molecule has 5 atom stereocenters. The van der Waals surface area contributed by atoms with Crippen LogP contribution in [0.25, 0.3) is 0 Å². The fraction of sp³-hybridized carbons (Fsp3) is 0.667. The van der Waals surface area contributed by atoms with Crippen molar-refractivity contribution in [2.45, 2.75) is 118 Å². The Morgan fingerprint density at radius 2 is 1.43 bits per heavy atom. The van der Waals surface area contributed by atoms with Crippen LogP contribution in [0.1, 0.15) is 105 Å². The summed E-state index contributed by atoms with van der Waals surface area (Å²) in [5, 5.41) is 9.71. The molecule has 0 aromatic heterocycles. The molecule has 10 nitrogen and oxygen atoms in total. The van der Waals surface area contributed by atoms with Gasteiger partial charge in [-0.3, -0.25) is 14.4 Å². The van der Waals surface area contributed by atoms with E-state index >= 15 is 0 Å². The quantitative estimate of drug-likeness (QED) is 0.181. The number of ether oxygens (including phenoxy) is 4. The molecule has 0 aliphatic carbocycles. The minimum atomic E-state index is -1.37. The van der Waals surface area contributed by atoms with E-state index in [1.807, 2.05) is 20.8 Å². The van der Waals surface area contributed by atoms with Crippen LogP contribution in [0.3, 0.4) is 0 Å². The Hall–Kier alpha value is -3.14. The van der Waals surface area contributed by atoms with Gasteiger partial charge in [-0.25, -0.2) is 4.79 Å². The number of esters is 2. The minimum Gasteiger partial charge on any atom is -0.480 e. The minimum absolute atomic E-state index is 0.0113. The van der Waals surface area contributed by atoms with Gasteiger partial charge in [0.1, 0.15) is 17.7 Å². The summed E-state index contributed by atoms with van der Waals surface area (Å²) in [6.45, 7) is 14.4. The number of benzene rings is 1. The second kappa shape index (κ2) is 16.2. The van der Waals surface area contributed by atoms with Crippen molar-refractivity contribution in [3.63, 3.8) is 0 Å². The van der Waals surface area contributed by atoms with Crippen molar-refractivity contribution in [3.8, 4) is 11.5 Å². The van der Waals surface area contributed by atoms with Gasteiger partial charge in [0, 0.05) is 5.92 Å². The van der Waals surface area contributed by atoms with E-state index < -0.39 is 53.6 Å². The Morgan fingerprint density at radius 3 is 1.90 bits per heavy atom. The summed E-state index contributed by atoms with van der Waals surface area (Å²) < 4.78 is 22.0. The summed E-state index contributed by atoms with van der Waals surface area (Å²) in [5.74, 6) is -3.80. The third kappa shape index (κ3) is 11.2. The molecule has 1 rings (SSSR count). The number of rotatable bonds is 16. The third-order valence-electron chi connectivity index (χ3n) is 6.88. The van der Waals surface area contributed by atoms with E-state index in [9.17, 15) is 24.3 Å². The van der Waals surface area contributed by atoms with E-state index in [0.717, 1.165) is 12.8 Å². The first-order valence-corrected chi connectivity index (χ1v) is 14.1. The number of hydrogen-bond donors (Lipinski definition) is 2. The van der Waals surface area contributed by atoms with Gasteiger partial charge in [0.2, 0.25) is 0 Å². The van der Waals surface area contributed by atoms with Crippen LogP contribution in [0, 0.1) is 11.8 Å². The molecule has 0 radical (unpaired) electrons. The van der Waals surface area contributed by atoms with Gasteiger partial charge in [-0.15, -0.1) is 0 Å². The first-order valence-electron chi connectivity index (χ1n) is 14.1. The van der Waals surface area contributed by atoms with Gasteiger partial charge < -0.3 is 29.8 Å². The third-order valence-corrected chi connectivity index (χ3v) is 6.88. The van der Waals surface area contributed by atoms with Gasteiger partial charge in [0.25, 0.3) is 0 Å². The number of carbonyl (C=O) groups excluding carboxylic acids is 3. The van der Waals surface area contributed by atoms with Crippen LogP contribution in [0.4, 0.5) is 4.79 Å². The van der Waals surface area contributed by atoms with E-state index in [4.69, 9.17) is 24.7 Å². The number of hydrogen-bond acceptors (Lipinski definition) is 9. The molecule has 0 spiro atoms. The number of nitrogens with two attached hydrogens (primary N) is 1. The largest absolute Gasteiger partial charge is 0.509 e. The van der Waals surface area contributed by atoms with Crippen LogP contribution in [0.5, 0.6) is 11.5 Å². The van der Waals surface area contributed by atoms with Gasteiger partial charge in [-0.2, -0.15) is 0 Å². The van der Waals surface area contributed by atoms with Crippen molar-refractivity contribution in [2.24, 2.45) is 17.6 Å². The van der Waals surface area contributed by atoms with Crippen LogP contribution in [-0.2, 0) is 23.9 Å². The number of carboxylic acids is 1. The van der Waals surface area contributed by atoms with Gasteiger partial charge in [0.05, 0.1) is 11.8 Å². The molecule has 3 N–H and O–H groups in total. The predicted octanol–water partition coefficient (Wildman–Crippen LogP) is 5.99. The summed E-state index contributed by atoms with van der Waals surface area (Å²) in [6, 6.07) is 3.13. The number of aliphatic carboxylic acids is 1. The monoisotopic (exact) mass is 565 g/mol. The lowest BCUT2D eigenvalue weighted by molar-refractivity contribution is -0.141. The molecule has 0 heterocycles. The Labute approximate surface area is 237 Å². The van der Waals surface area contributed by atoms with Gasteiger partial charge in [-0.05, 0) is 64.2 Å².